The van der Waals surface area contributed by atoms with Gasteiger partial charge in [0.15, 0.2) is 0 Å². The van der Waals surface area contributed by atoms with Crippen LogP contribution in [0.4, 0.5) is 0 Å². The van der Waals surface area contributed by atoms with Crippen molar-refractivity contribution in [1.29, 1.82) is 0 Å². The molecule has 0 aliphatic heterocycles. The third-order valence-corrected chi connectivity index (χ3v) is 2.49. The maximum Gasteiger partial charge on any atom is 0.270 e. The highest BCUT2D eigenvalue weighted by atomic mass is 32.2. The smallest absolute Gasteiger partial charge is 0.270 e. The minimum absolute atomic E-state index is 0.0147. The van der Waals surface area contributed by atoms with Crippen molar-refractivity contribution in [1.82, 2.24) is 15.3 Å². The Morgan fingerprint density at radius 1 is 1.65 bits per heavy atom. The molecule has 1 aromatic rings. The summed E-state index contributed by atoms with van der Waals surface area (Å²) in [6, 6.07) is 1.16. The lowest BCUT2D eigenvalue weighted by atomic mass is 10.3. The van der Waals surface area contributed by atoms with E-state index >= 15 is 0 Å². The molecule has 1 amide bonds. The number of carbonyl (C=O) groups is 1. The molecule has 6 nitrogen and oxygen atoms in total. The second kappa shape index (κ2) is 7.08. The van der Waals surface area contributed by atoms with Crippen LogP contribution in [-0.4, -0.2) is 40.4 Å². The first kappa shape index (κ1) is 13.7. The fourth-order valence-corrected chi connectivity index (χ4v) is 1.61. The summed E-state index contributed by atoms with van der Waals surface area (Å²) in [6.45, 7) is 0.377. The molecule has 0 aliphatic carbocycles. The molecule has 0 unspecified atom stereocenters. The van der Waals surface area contributed by atoms with Gasteiger partial charge in [-0.15, -0.1) is 0 Å². The summed E-state index contributed by atoms with van der Waals surface area (Å²) in [6.07, 6.45) is 2.36. The Kier molecular flexibility index (Phi) is 5.71. The van der Waals surface area contributed by atoms with Gasteiger partial charge >= 0.3 is 0 Å². The second-order valence-electron chi connectivity index (χ2n) is 3.34. The molecule has 0 spiro atoms. The molecule has 17 heavy (non-hydrogen) atoms. The van der Waals surface area contributed by atoms with E-state index in [0.29, 0.717) is 24.5 Å². The summed E-state index contributed by atoms with van der Waals surface area (Å²) in [7, 11) is 0. The average molecular weight is 257 g/mol. The van der Waals surface area contributed by atoms with Gasteiger partial charge < -0.3 is 15.4 Å². The number of rotatable bonds is 6. The minimum atomic E-state index is -0.396. The standard InChI is InChI=1S/C10H15N3O3S/c1-17-6-8-12-7(5-9(15)13-8)10(16)11-3-2-4-14/h5,14H,2-4,6H2,1H3,(H,11,16)(H,12,13,15). The maximum absolute atomic E-state index is 11.6. The van der Waals surface area contributed by atoms with Crippen molar-refractivity contribution in [2.45, 2.75) is 12.2 Å². The molecule has 7 heteroatoms. The lowest BCUT2D eigenvalue weighted by Gasteiger charge is -2.04. The highest BCUT2D eigenvalue weighted by molar-refractivity contribution is 7.97. The van der Waals surface area contributed by atoms with Crippen LogP contribution in [0, 0.1) is 0 Å². The van der Waals surface area contributed by atoms with Crippen molar-refractivity contribution < 1.29 is 9.90 Å². The zero-order valence-corrected chi connectivity index (χ0v) is 10.3. The van der Waals surface area contributed by atoms with Crippen molar-refractivity contribution in [2.24, 2.45) is 0 Å². The minimum Gasteiger partial charge on any atom is -0.396 e. The molecule has 0 radical (unpaired) electrons. The van der Waals surface area contributed by atoms with Crippen LogP contribution in [0.2, 0.25) is 0 Å². The van der Waals surface area contributed by atoms with Gasteiger partial charge in [0.1, 0.15) is 11.5 Å². The zero-order valence-electron chi connectivity index (χ0n) is 9.52. The maximum atomic E-state index is 11.6. The van der Waals surface area contributed by atoms with Gasteiger partial charge in [0.05, 0.1) is 5.75 Å². The first-order valence-corrected chi connectivity index (χ1v) is 6.55. The topological polar surface area (TPSA) is 95.1 Å². The van der Waals surface area contributed by atoms with Gasteiger partial charge in [-0.05, 0) is 12.7 Å². The van der Waals surface area contributed by atoms with Gasteiger partial charge in [-0.3, -0.25) is 9.59 Å². The summed E-state index contributed by atoms with van der Waals surface area (Å²) < 4.78 is 0. The molecule has 1 rings (SSSR count). The van der Waals surface area contributed by atoms with Crippen molar-refractivity contribution >= 4 is 17.7 Å². The van der Waals surface area contributed by atoms with Crippen LogP contribution in [0.25, 0.3) is 0 Å². The fraction of sp³-hybridized carbons (Fsp3) is 0.500. The molecule has 94 valence electrons. The van der Waals surface area contributed by atoms with Crippen LogP contribution in [0.3, 0.4) is 0 Å². The molecule has 0 atom stereocenters. The van der Waals surface area contributed by atoms with E-state index in [0.717, 1.165) is 6.07 Å². The summed E-state index contributed by atoms with van der Waals surface area (Å²) in [4.78, 5) is 29.5. The fourth-order valence-electron chi connectivity index (χ4n) is 1.20. The number of hydrogen-bond donors (Lipinski definition) is 3. The monoisotopic (exact) mass is 257 g/mol. The predicted molar refractivity (Wildman–Crippen MR) is 66.1 cm³/mol. The molecule has 0 aliphatic rings. The van der Waals surface area contributed by atoms with E-state index in [-0.39, 0.29) is 17.9 Å². The lowest BCUT2D eigenvalue weighted by Crippen LogP contribution is -2.28. The molecule has 0 saturated carbocycles. The van der Waals surface area contributed by atoms with Gasteiger partial charge in [-0.1, -0.05) is 0 Å². The highest BCUT2D eigenvalue weighted by Gasteiger charge is 2.09. The van der Waals surface area contributed by atoms with Crippen LogP contribution in [0.5, 0.6) is 0 Å². The van der Waals surface area contributed by atoms with E-state index in [1.165, 1.54) is 11.8 Å². The molecular formula is C10H15N3O3S. The Morgan fingerprint density at radius 2 is 2.41 bits per heavy atom. The number of aromatic amines is 1. The van der Waals surface area contributed by atoms with Crippen molar-refractivity contribution in [3.05, 3.63) is 27.9 Å². The van der Waals surface area contributed by atoms with Crippen LogP contribution in [0.15, 0.2) is 10.9 Å². The van der Waals surface area contributed by atoms with Gasteiger partial charge in [0, 0.05) is 19.2 Å². The Labute approximate surface area is 103 Å². The van der Waals surface area contributed by atoms with E-state index in [2.05, 4.69) is 15.3 Å². The number of nitrogens with one attached hydrogen (secondary N) is 2. The number of H-pyrrole nitrogens is 1. The van der Waals surface area contributed by atoms with Gasteiger partial charge in [0.25, 0.3) is 11.5 Å². The largest absolute Gasteiger partial charge is 0.396 e. The molecule has 1 heterocycles. The number of nitrogens with zero attached hydrogens (tertiary/aromatic N) is 1. The zero-order chi connectivity index (χ0) is 12.7. The van der Waals surface area contributed by atoms with Crippen LogP contribution >= 0.6 is 11.8 Å². The first-order valence-electron chi connectivity index (χ1n) is 5.15. The van der Waals surface area contributed by atoms with Crippen LogP contribution < -0.4 is 10.9 Å². The summed E-state index contributed by atoms with van der Waals surface area (Å²) in [5.74, 6) is 0.636. The Bertz CT molecular complexity index is 433. The second-order valence-corrected chi connectivity index (χ2v) is 4.21. The Morgan fingerprint density at radius 3 is 3.06 bits per heavy atom. The normalized spacial score (nSPS) is 10.2. The quantitative estimate of drug-likeness (QED) is 0.611. The van der Waals surface area contributed by atoms with E-state index in [9.17, 15) is 9.59 Å². The number of carbonyl (C=O) groups excluding carboxylic acids is 1. The molecule has 0 saturated heterocycles. The summed E-state index contributed by atoms with van der Waals surface area (Å²) in [5, 5.41) is 11.2. The third-order valence-electron chi connectivity index (χ3n) is 1.92. The summed E-state index contributed by atoms with van der Waals surface area (Å²) >= 11 is 1.51. The van der Waals surface area contributed by atoms with E-state index in [1.54, 1.807) is 0 Å². The molecule has 0 bridgehead atoms. The Balaban J connectivity index is 2.75. The van der Waals surface area contributed by atoms with Gasteiger partial charge in [-0.2, -0.15) is 11.8 Å². The van der Waals surface area contributed by atoms with E-state index in [4.69, 9.17) is 5.11 Å². The Hall–Kier alpha value is -1.34. The predicted octanol–water partition coefficient (Wildman–Crippen LogP) is -0.255. The number of hydrogen-bond acceptors (Lipinski definition) is 5. The number of amides is 1. The number of thioether (sulfide) groups is 1. The van der Waals surface area contributed by atoms with Crippen LogP contribution in [-0.2, 0) is 5.75 Å². The molecule has 0 fully saturated rings. The first-order chi connectivity index (χ1) is 8.17. The SMILES string of the molecule is CSCc1nc(C(=O)NCCCO)cc(=O)[nH]1. The summed E-state index contributed by atoms with van der Waals surface area (Å²) in [5.41, 5.74) is -0.230. The highest BCUT2D eigenvalue weighted by Crippen LogP contribution is 2.02. The van der Waals surface area contributed by atoms with Gasteiger partial charge in [0.2, 0.25) is 0 Å². The third kappa shape index (κ3) is 4.58. The van der Waals surface area contributed by atoms with Gasteiger partial charge in [-0.25, -0.2) is 4.98 Å². The molecule has 3 N–H and O–H groups in total. The van der Waals surface area contributed by atoms with Crippen LogP contribution in [0.1, 0.15) is 22.7 Å². The number of aliphatic hydroxyl groups is 1. The van der Waals surface area contributed by atoms with Crippen molar-refractivity contribution in [3.63, 3.8) is 0 Å². The molecular weight excluding hydrogens is 242 g/mol. The van der Waals surface area contributed by atoms with E-state index < -0.39 is 5.91 Å². The molecule has 1 aromatic heterocycles. The van der Waals surface area contributed by atoms with Crippen molar-refractivity contribution in [2.75, 3.05) is 19.4 Å². The number of aromatic nitrogens is 2. The lowest BCUT2D eigenvalue weighted by molar-refractivity contribution is 0.0945. The van der Waals surface area contributed by atoms with E-state index in [1.807, 2.05) is 6.26 Å². The van der Waals surface area contributed by atoms with Crippen molar-refractivity contribution in [3.8, 4) is 0 Å². The molecule has 0 aromatic carbocycles. The average Bonchev–Trinajstić information content (AvgIpc) is 2.29. The number of aliphatic hydroxyl groups excluding tert-OH is 1.